The fraction of sp³-hybridized carbons (Fsp3) is 0.500. The van der Waals surface area contributed by atoms with Crippen molar-refractivity contribution in [3.05, 3.63) is 18.3 Å². The van der Waals surface area contributed by atoms with E-state index in [0.29, 0.717) is 24.5 Å². The second kappa shape index (κ2) is 5.79. The molecule has 3 rings (SSSR count). The summed E-state index contributed by atoms with van der Waals surface area (Å²) in [5, 5.41) is 17.8. The first-order valence-corrected chi connectivity index (χ1v) is 7.11. The average Bonchev–Trinajstić information content (AvgIpc) is 3.23. The summed E-state index contributed by atoms with van der Waals surface area (Å²) in [4.78, 5) is 27.6. The van der Waals surface area contributed by atoms with E-state index in [1.54, 1.807) is 12.1 Å². The van der Waals surface area contributed by atoms with Gasteiger partial charge in [-0.25, -0.2) is 4.98 Å². The van der Waals surface area contributed by atoms with Gasteiger partial charge in [0.1, 0.15) is 5.82 Å². The summed E-state index contributed by atoms with van der Waals surface area (Å²) in [7, 11) is 0. The molecule has 4 N–H and O–H groups in total. The van der Waals surface area contributed by atoms with Gasteiger partial charge >= 0.3 is 0 Å². The van der Waals surface area contributed by atoms with E-state index in [0.717, 1.165) is 12.8 Å². The molecule has 1 aromatic rings. The van der Waals surface area contributed by atoms with Crippen LogP contribution in [0.2, 0.25) is 0 Å². The molecular formula is C14H18N4O3. The molecule has 7 heteroatoms. The molecule has 0 bridgehead atoms. The van der Waals surface area contributed by atoms with Crippen LogP contribution in [0.15, 0.2) is 18.3 Å². The van der Waals surface area contributed by atoms with Crippen molar-refractivity contribution in [1.82, 2.24) is 10.3 Å². The lowest BCUT2D eigenvalue weighted by molar-refractivity contribution is -0.118. The summed E-state index contributed by atoms with van der Waals surface area (Å²) >= 11 is 0. The van der Waals surface area contributed by atoms with Crippen LogP contribution in [0.4, 0.5) is 11.5 Å². The number of amides is 2. The van der Waals surface area contributed by atoms with Crippen LogP contribution >= 0.6 is 0 Å². The van der Waals surface area contributed by atoms with Crippen molar-refractivity contribution in [3.8, 4) is 0 Å². The Kier molecular flexibility index (Phi) is 3.85. The van der Waals surface area contributed by atoms with Gasteiger partial charge in [-0.1, -0.05) is 0 Å². The highest BCUT2D eigenvalue weighted by atomic mass is 16.3. The molecule has 2 fully saturated rings. The van der Waals surface area contributed by atoms with Gasteiger partial charge in [0.05, 0.1) is 24.0 Å². The molecule has 0 radical (unpaired) electrons. The lowest BCUT2D eigenvalue weighted by atomic mass is 10.2. The highest BCUT2D eigenvalue weighted by Gasteiger charge is 2.30. The molecule has 1 aliphatic heterocycles. The molecule has 2 unspecified atom stereocenters. The van der Waals surface area contributed by atoms with E-state index >= 15 is 0 Å². The molecule has 1 aromatic heterocycles. The normalized spacial score (nSPS) is 24.6. The van der Waals surface area contributed by atoms with Crippen molar-refractivity contribution in [1.29, 1.82) is 0 Å². The minimum atomic E-state index is -0.473. The van der Waals surface area contributed by atoms with Crippen LogP contribution in [0.5, 0.6) is 0 Å². The third-order valence-electron chi connectivity index (χ3n) is 3.65. The lowest BCUT2D eigenvalue weighted by Crippen LogP contribution is -2.35. The van der Waals surface area contributed by atoms with Crippen molar-refractivity contribution in [2.45, 2.75) is 31.4 Å². The first-order chi connectivity index (χ1) is 10.1. The molecule has 21 heavy (non-hydrogen) atoms. The number of rotatable bonds is 4. The van der Waals surface area contributed by atoms with E-state index in [9.17, 15) is 14.7 Å². The van der Waals surface area contributed by atoms with Crippen LogP contribution in [-0.2, 0) is 9.59 Å². The standard InChI is InChI=1S/C14H18N4O3/c19-10-5-11(15-7-10)14(21)17-9-3-4-12(16-6-9)18-13(20)8-1-2-8/h3-4,6,8,10-11,15,19H,1-2,5,7H2,(H,17,21)(H,16,18,20). The Morgan fingerprint density at radius 1 is 1.24 bits per heavy atom. The summed E-state index contributed by atoms with van der Waals surface area (Å²) in [5.74, 6) is 0.428. The first-order valence-electron chi connectivity index (χ1n) is 7.11. The first kappa shape index (κ1) is 14.0. The molecule has 7 nitrogen and oxygen atoms in total. The molecule has 0 spiro atoms. The molecule has 0 aromatic carbocycles. The van der Waals surface area contributed by atoms with Gasteiger partial charge in [0.15, 0.2) is 0 Å². The summed E-state index contributed by atoms with van der Waals surface area (Å²) < 4.78 is 0. The summed E-state index contributed by atoms with van der Waals surface area (Å²) in [6.45, 7) is 0.433. The van der Waals surface area contributed by atoms with E-state index in [2.05, 4.69) is 20.9 Å². The van der Waals surface area contributed by atoms with Crippen LogP contribution < -0.4 is 16.0 Å². The Morgan fingerprint density at radius 2 is 2.05 bits per heavy atom. The number of aromatic nitrogens is 1. The minimum Gasteiger partial charge on any atom is -0.392 e. The summed E-state index contributed by atoms with van der Waals surface area (Å²) in [6, 6.07) is 2.97. The number of carbonyl (C=O) groups excluding carboxylic acids is 2. The molecule has 2 aliphatic rings. The molecule has 1 aliphatic carbocycles. The quantitative estimate of drug-likeness (QED) is 0.629. The number of hydrogen-bond acceptors (Lipinski definition) is 5. The topological polar surface area (TPSA) is 103 Å². The third kappa shape index (κ3) is 3.56. The van der Waals surface area contributed by atoms with Gasteiger partial charge in [0, 0.05) is 12.5 Å². The van der Waals surface area contributed by atoms with E-state index in [1.165, 1.54) is 6.20 Å². The molecule has 2 atom stereocenters. The maximum Gasteiger partial charge on any atom is 0.241 e. The molecule has 1 saturated carbocycles. The van der Waals surface area contributed by atoms with E-state index < -0.39 is 6.10 Å². The van der Waals surface area contributed by atoms with Gasteiger partial charge in [-0.05, 0) is 31.4 Å². The number of aliphatic hydroxyl groups is 1. The predicted molar refractivity (Wildman–Crippen MR) is 76.6 cm³/mol. The molecule has 2 heterocycles. The molecule has 112 valence electrons. The fourth-order valence-corrected chi connectivity index (χ4v) is 2.26. The Balaban J connectivity index is 1.54. The van der Waals surface area contributed by atoms with Gasteiger partial charge < -0.3 is 21.1 Å². The Morgan fingerprint density at radius 3 is 2.62 bits per heavy atom. The number of nitrogens with zero attached hydrogens (tertiary/aromatic N) is 1. The number of nitrogens with one attached hydrogen (secondary N) is 3. The van der Waals surface area contributed by atoms with Crippen molar-refractivity contribution in [3.63, 3.8) is 0 Å². The zero-order chi connectivity index (χ0) is 14.8. The number of β-amino-alcohol motifs (C(OH)–C–C–N with tert-alkyl or cyclic N) is 1. The molecular weight excluding hydrogens is 272 g/mol. The second-order valence-electron chi connectivity index (χ2n) is 5.54. The molecule has 2 amide bonds. The Labute approximate surface area is 122 Å². The number of hydrogen-bond donors (Lipinski definition) is 4. The van der Waals surface area contributed by atoms with E-state index in [1.807, 2.05) is 0 Å². The predicted octanol–water partition coefficient (Wildman–Crippen LogP) is 0.0914. The number of aliphatic hydroxyl groups excluding tert-OH is 1. The monoisotopic (exact) mass is 290 g/mol. The van der Waals surface area contributed by atoms with Crippen LogP contribution in [0.1, 0.15) is 19.3 Å². The lowest BCUT2D eigenvalue weighted by Gasteiger charge is -2.11. The maximum absolute atomic E-state index is 11.9. The summed E-state index contributed by atoms with van der Waals surface area (Å²) in [6.07, 6.45) is 3.33. The average molecular weight is 290 g/mol. The Bertz CT molecular complexity index is 542. The van der Waals surface area contributed by atoms with Crippen LogP contribution in [0.3, 0.4) is 0 Å². The SMILES string of the molecule is O=C(Nc1ccc(NC(=O)C2CC(O)CN2)cn1)C1CC1. The second-order valence-corrected chi connectivity index (χ2v) is 5.54. The number of pyridine rings is 1. The highest BCUT2D eigenvalue weighted by Crippen LogP contribution is 2.29. The maximum atomic E-state index is 11.9. The van der Waals surface area contributed by atoms with Crippen LogP contribution in [0.25, 0.3) is 0 Å². The van der Waals surface area contributed by atoms with Crippen molar-refractivity contribution in [2.24, 2.45) is 5.92 Å². The van der Waals surface area contributed by atoms with Gasteiger partial charge in [0.2, 0.25) is 11.8 Å². The van der Waals surface area contributed by atoms with Crippen LogP contribution in [-0.4, -0.2) is 40.6 Å². The van der Waals surface area contributed by atoms with Crippen molar-refractivity contribution >= 4 is 23.3 Å². The highest BCUT2D eigenvalue weighted by molar-refractivity contribution is 5.95. The zero-order valence-electron chi connectivity index (χ0n) is 11.5. The van der Waals surface area contributed by atoms with E-state index in [-0.39, 0.29) is 23.8 Å². The van der Waals surface area contributed by atoms with Crippen molar-refractivity contribution < 1.29 is 14.7 Å². The third-order valence-corrected chi connectivity index (χ3v) is 3.65. The van der Waals surface area contributed by atoms with Crippen LogP contribution in [0, 0.1) is 5.92 Å². The van der Waals surface area contributed by atoms with Gasteiger partial charge in [-0.3, -0.25) is 9.59 Å². The van der Waals surface area contributed by atoms with Gasteiger partial charge in [0.25, 0.3) is 0 Å². The van der Waals surface area contributed by atoms with Gasteiger partial charge in [-0.2, -0.15) is 0 Å². The number of carbonyl (C=O) groups is 2. The largest absolute Gasteiger partial charge is 0.392 e. The number of anilines is 2. The van der Waals surface area contributed by atoms with E-state index in [4.69, 9.17) is 0 Å². The summed E-state index contributed by atoms with van der Waals surface area (Å²) in [5.41, 5.74) is 0.563. The zero-order valence-corrected chi connectivity index (χ0v) is 11.5. The Hall–Kier alpha value is -1.99. The minimum absolute atomic E-state index is 0.00317. The smallest absolute Gasteiger partial charge is 0.241 e. The van der Waals surface area contributed by atoms with Crippen molar-refractivity contribution in [2.75, 3.05) is 17.2 Å². The molecule has 1 saturated heterocycles. The van der Waals surface area contributed by atoms with Gasteiger partial charge in [-0.15, -0.1) is 0 Å². The fourth-order valence-electron chi connectivity index (χ4n) is 2.26.